The zero-order valence-corrected chi connectivity index (χ0v) is 9.16. The molecule has 0 aliphatic rings. The summed E-state index contributed by atoms with van der Waals surface area (Å²) in [6.45, 7) is 13.5. The fourth-order valence-corrected chi connectivity index (χ4v) is 1.32. The summed E-state index contributed by atoms with van der Waals surface area (Å²) >= 11 is 0. The Morgan fingerprint density at radius 3 is 2.25 bits per heavy atom. The van der Waals surface area contributed by atoms with Gasteiger partial charge >= 0.3 is 0 Å². The zero-order chi connectivity index (χ0) is 11.3. The van der Waals surface area contributed by atoms with Crippen LogP contribution in [0.25, 0.3) is 6.08 Å². The molecule has 0 radical (unpaired) electrons. The smallest absolute Gasteiger partial charge is 0.0190 e. The fraction of sp³-hybridized carbons (Fsp3) is 0.125. The maximum absolute atomic E-state index is 3.91. The third-order valence-corrected chi connectivity index (χ3v) is 2.34. The van der Waals surface area contributed by atoms with Gasteiger partial charge < -0.3 is 0 Å². The van der Waals surface area contributed by atoms with Crippen LogP contribution in [0, 0.1) is 6.92 Å². The van der Waals surface area contributed by atoms with Gasteiger partial charge in [0.15, 0.2) is 0 Å². The van der Waals surface area contributed by atoms with Crippen LogP contribution in [0.5, 0.6) is 0 Å². The first-order valence-corrected chi connectivity index (χ1v) is 4.90. The second-order valence-electron chi connectivity index (χ2n) is 3.39. The lowest BCUT2D eigenvalue weighted by Crippen LogP contribution is -1.83. The summed E-state index contributed by atoms with van der Waals surface area (Å²) in [5, 5.41) is 0. The molecule has 0 aromatic heterocycles. The minimum atomic E-state index is 0. The largest absolute Gasteiger partial charge is 0.0985 e. The standard InChI is InChI=1S/C15H16.CH4/c1-5-12(3)14(6-2)11-15-10-8-7-9-13(15)4;/h5-11H,1-3H2,4H3;1H4/b14-11-;. The van der Waals surface area contributed by atoms with Gasteiger partial charge in [-0.15, -0.1) is 0 Å². The first-order valence-electron chi connectivity index (χ1n) is 4.90. The minimum Gasteiger partial charge on any atom is -0.0985 e. The van der Waals surface area contributed by atoms with Gasteiger partial charge in [-0.2, -0.15) is 0 Å². The van der Waals surface area contributed by atoms with Crippen molar-refractivity contribution in [3.63, 3.8) is 0 Å². The Bertz CT molecular complexity index is 419. The SMILES string of the molecule is C.C=CC(=C)/C(C=C)=C\c1ccccc1C. The highest BCUT2D eigenvalue weighted by atomic mass is 14.0. The van der Waals surface area contributed by atoms with Gasteiger partial charge in [0.1, 0.15) is 0 Å². The molecule has 1 aromatic carbocycles. The van der Waals surface area contributed by atoms with Crippen LogP contribution in [0.4, 0.5) is 0 Å². The van der Waals surface area contributed by atoms with Crippen molar-refractivity contribution in [1.29, 1.82) is 0 Å². The number of aryl methyl sites for hydroxylation is 1. The third-order valence-electron chi connectivity index (χ3n) is 2.34. The molecule has 1 rings (SSSR count). The van der Waals surface area contributed by atoms with Crippen molar-refractivity contribution in [2.24, 2.45) is 0 Å². The Balaban J connectivity index is 0.00000225. The molecular formula is C16H20. The van der Waals surface area contributed by atoms with E-state index in [0.717, 1.165) is 11.1 Å². The number of benzene rings is 1. The second kappa shape index (κ2) is 6.62. The van der Waals surface area contributed by atoms with Gasteiger partial charge in [0.2, 0.25) is 0 Å². The molecule has 0 heterocycles. The van der Waals surface area contributed by atoms with Crippen LogP contribution >= 0.6 is 0 Å². The van der Waals surface area contributed by atoms with Crippen molar-refractivity contribution in [3.8, 4) is 0 Å². The lowest BCUT2D eigenvalue weighted by molar-refractivity contribution is 1.44. The van der Waals surface area contributed by atoms with Crippen molar-refractivity contribution < 1.29 is 0 Å². The van der Waals surface area contributed by atoms with E-state index >= 15 is 0 Å². The molecule has 0 unspecified atom stereocenters. The van der Waals surface area contributed by atoms with Crippen molar-refractivity contribution in [2.75, 3.05) is 0 Å². The molecule has 0 bridgehead atoms. The summed E-state index contributed by atoms with van der Waals surface area (Å²) in [4.78, 5) is 0. The second-order valence-corrected chi connectivity index (χ2v) is 3.39. The molecule has 0 spiro atoms. The molecule has 0 fully saturated rings. The quantitative estimate of drug-likeness (QED) is 0.620. The summed E-state index contributed by atoms with van der Waals surface area (Å²) in [5.74, 6) is 0. The topological polar surface area (TPSA) is 0 Å². The molecule has 0 saturated heterocycles. The third kappa shape index (κ3) is 3.39. The van der Waals surface area contributed by atoms with Gasteiger partial charge in [0, 0.05) is 0 Å². The minimum absolute atomic E-state index is 0. The lowest BCUT2D eigenvalue weighted by Gasteiger charge is -2.04. The number of hydrogen-bond acceptors (Lipinski definition) is 0. The van der Waals surface area contributed by atoms with Gasteiger partial charge in [0.05, 0.1) is 0 Å². The fourth-order valence-electron chi connectivity index (χ4n) is 1.32. The average Bonchev–Trinajstić information content (AvgIpc) is 2.27. The van der Waals surface area contributed by atoms with E-state index in [2.05, 4.69) is 44.9 Å². The van der Waals surface area contributed by atoms with Gasteiger partial charge in [-0.1, -0.05) is 63.6 Å². The highest BCUT2D eigenvalue weighted by Crippen LogP contribution is 2.17. The van der Waals surface area contributed by atoms with Crippen molar-refractivity contribution in [3.05, 3.63) is 78.4 Å². The molecule has 0 saturated carbocycles. The molecule has 0 N–H and O–H groups in total. The Labute approximate surface area is 99.3 Å². The van der Waals surface area contributed by atoms with E-state index in [1.807, 2.05) is 12.1 Å². The number of allylic oxidation sites excluding steroid dienone is 4. The molecule has 0 nitrogen and oxygen atoms in total. The summed E-state index contributed by atoms with van der Waals surface area (Å²) in [5.41, 5.74) is 4.34. The van der Waals surface area contributed by atoms with E-state index in [-0.39, 0.29) is 7.43 Å². The van der Waals surface area contributed by atoms with E-state index in [0.29, 0.717) is 0 Å². The lowest BCUT2D eigenvalue weighted by atomic mass is 10.0. The molecule has 0 aliphatic heterocycles. The van der Waals surface area contributed by atoms with E-state index in [9.17, 15) is 0 Å². The van der Waals surface area contributed by atoms with Gasteiger partial charge in [-0.05, 0) is 35.3 Å². The van der Waals surface area contributed by atoms with Crippen molar-refractivity contribution >= 4 is 6.08 Å². The summed E-state index contributed by atoms with van der Waals surface area (Å²) in [6, 6.07) is 8.22. The van der Waals surface area contributed by atoms with Gasteiger partial charge in [-0.25, -0.2) is 0 Å². The zero-order valence-electron chi connectivity index (χ0n) is 9.16. The Hall–Kier alpha value is -1.82. The van der Waals surface area contributed by atoms with E-state index in [1.54, 1.807) is 12.2 Å². The van der Waals surface area contributed by atoms with E-state index < -0.39 is 0 Å². The van der Waals surface area contributed by atoms with Gasteiger partial charge in [0.25, 0.3) is 0 Å². The van der Waals surface area contributed by atoms with E-state index in [4.69, 9.17) is 0 Å². The molecule has 0 amide bonds. The monoisotopic (exact) mass is 212 g/mol. The normalized spacial score (nSPS) is 10.2. The first-order chi connectivity index (χ1) is 7.19. The molecule has 16 heavy (non-hydrogen) atoms. The van der Waals surface area contributed by atoms with Crippen LogP contribution in [-0.2, 0) is 0 Å². The van der Waals surface area contributed by atoms with Crippen molar-refractivity contribution in [1.82, 2.24) is 0 Å². The Morgan fingerprint density at radius 2 is 1.75 bits per heavy atom. The first kappa shape index (κ1) is 14.2. The predicted molar refractivity (Wildman–Crippen MR) is 75.4 cm³/mol. The van der Waals surface area contributed by atoms with E-state index in [1.165, 1.54) is 11.1 Å². The van der Waals surface area contributed by atoms with Crippen LogP contribution in [0.1, 0.15) is 18.6 Å². The number of rotatable bonds is 4. The molecular weight excluding hydrogens is 192 g/mol. The average molecular weight is 212 g/mol. The van der Waals surface area contributed by atoms with Crippen LogP contribution in [0.15, 0.2) is 67.3 Å². The van der Waals surface area contributed by atoms with Crippen LogP contribution < -0.4 is 0 Å². The summed E-state index contributed by atoms with van der Waals surface area (Å²) < 4.78 is 0. The molecule has 0 heteroatoms. The van der Waals surface area contributed by atoms with Gasteiger partial charge in [-0.3, -0.25) is 0 Å². The predicted octanol–water partition coefficient (Wildman–Crippen LogP) is 4.94. The van der Waals surface area contributed by atoms with Crippen LogP contribution in [-0.4, -0.2) is 0 Å². The molecule has 0 aliphatic carbocycles. The Kier molecular flexibility index (Phi) is 5.87. The number of hydrogen-bond donors (Lipinski definition) is 0. The Morgan fingerprint density at radius 1 is 1.12 bits per heavy atom. The highest BCUT2D eigenvalue weighted by molar-refractivity contribution is 5.65. The molecule has 1 aromatic rings. The van der Waals surface area contributed by atoms with Crippen LogP contribution in [0.2, 0.25) is 0 Å². The molecule has 0 atom stereocenters. The summed E-state index contributed by atoms with van der Waals surface area (Å²) in [6.07, 6.45) is 5.62. The molecule has 84 valence electrons. The van der Waals surface area contributed by atoms with Crippen LogP contribution in [0.3, 0.4) is 0 Å². The maximum Gasteiger partial charge on any atom is -0.0190 e. The maximum atomic E-state index is 3.91. The summed E-state index contributed by atoms with van der Waals surface area (Å²) in [7, 11) is 0. The highest BCUT2D eigenvalue weighted by Gasteiger charge is 1.97. The van der Waals surface area contributed by atoms with Crippen molar-refractivity contribution in [2.45, 2.75) is 14.4 Å².